The quantitative estimate of drug-likeness (QED) is 0.803. The molecule has 1 aromatic heterocycles. The summed E-state index contributed by atoms with van der Waals surface area (Å²) in [5.74, 6) is 0.761. The smallest absolute Gasteiger partial charge is 0.126 e. The molecule has 0 spiro atoms. The molecule has 2 aromatic rings. The summed E-state index contributed by atoms with van der Waals surface area (Å²) >= 11 is 0. The van der Waals surface area contributed by atoms with Crippen LogP contribution in [0, 0.1) is 6.92 Å². The van der Waals surface area contributed by atoms with Crippen LogP contribution in [0.4, 0.5) is 0 Å². The standard InChI is InChI=1S/C12H13N3/c1-9-14-11(8-13)7-12(15-9)10-5-3-2-4-6-10/h2-7H,8,13H2,1H3. The molecule has 76 valence electrons. The van der Waals surface area contributed by atoms with Crippen LogP contribution in [0.25, 0.3) is 11.3 Å². The molecule has 2 rings (SSSR count). The molecule has 0 amide bonds. The van der Waals surface area contributed by atoms with E-state index >= 15 is 0 Å². The van der Waals surface area contributed by atoms with E-state index in [0.29, 0.717) is 6.54 Å². The van der Waals surface area contributed by atoms with Crippen LogP contribution in [0.15, 0.2) is 36.4 Å². The zero-order chi connectivity index (χ0) is 10.7. The zero-order valence-electron chi connectivity index (χ0n) is 8.64. The van der Waals surface area contributed by atoms with Crippen LogP contribution in [0.3, 0.4) is 0 Å². The third-order valence-corrected chi connectivity index (χ3v) is 2.17. The summed E-state index contributed by atoms with van der Waals surface area (Å²) in [5, 5.41) is 0. The van der Waals surface area contributed by atoms with Crippen LogP contribution in [-0.4, -0.2) is 9.97 Å². The van der Waals surface area contributed by atoms with Crippen LogP contribution in [0.5, 0.6) is 0 Å². The molecule has 0 fully saturated rings. The molecule has 0 aliphatic rings. The van der Waals surface area contributed by atoms with Crippen molar-refractivity contribution in [3.63, 3.8) is 0 Å². The van der Waals surface area contributed by atoms with Gasteiger partial charge in [0.1, 0.15) is 5.82 Å². The fourth-order valence-corrected chi connectivity index (χ4v) is 1.49. The third kappa shape index (κ3) is 2.19. The van der Waals surface area contributed by atoms with E-state index in [9.17, 15) is 0 Å². The van der Waals surface area contributed by atoms with Crippen LogP contribution in [-0.2, 0) is 6.54 Å². The predicted molar refractivity (Wildman–Crippen MR) is 60.1 cm³/mol. The number of aryl methyl sites for hydroxylation is 1. The molecule has 3 nitrogen and oxygen atoms in total. The number of aromatic nitrogens is 2. The zero-order valence-corrected chi connectivity index (χ0v) is 8.64. The highest BCUT2D eigenvalue weighted by atomic mass is 14.9. The highest BCUT2D eigenvalue weighted by Gasteiger charge is 2.02. The Labute approximate surface area is 89.0 Å². The summed E-state index contributed by atoms with van der Waals surface area (Å²) in [6.07, 6.45) is 0. The lowest BCUT2D eigenvalue weighted by molar-refractivity contribution is 0.929. The number of benzene rings is 1. The molecule has 0 aliphatic heterocycles. The predicted octanol–water partition coefficient (Wildman–Crippen LogP) is 1.91. The van der Waals surface area contributed by atoms with Gasteiger partial charge in [0, 0.05) is 12.1 Å². The van der Waals surface area contributed by atoms with E-state index in [1.807, 2.05) is 43.3 Å². The molecule has 3 heteroatoms. The Morgan fingerprint density at radius 2 is 1.87 bits per heavy atom. The molecule has 0 aliphatic carbocycles. The van der Waals surface area contributed by atoms with Gasteiger partial charge in [-0.3, -0.25) is 0 Å². The Morgan fingerprint density at radius 3 is 2.53 bits per heavy atom. The van der Waals surface area contributed by atoms with Gasteiger partial charge in [-0.1, -0.05) is 30.3 Å². The fourth-order valence-electron chi connectivity index (χ4n) is 1.49. The molecule has 0 saturated carbocycles. The van der Waals surface area contributed by atoms with E-state index in [0.717, 1.165) is 22.8 Å². The molecule has 1 heterocycles. The van der Waals surface area contributed by atoms with Gasteiger partial charge in [-0.05, 0) is 13.0 Å². The largest absolute Gasteiger partial charge is 0.325 e. The third-order valence-electron chi connectivity index (χ3n) is 2.17. The monoisotopic (exact) mass is 199 g/mol. The fraction of sp³-hybridized carbons (Fsp3) is 0.167. The summed E-state index contributed by atoms with van der Waals surface area (Å²) < 4.78 is 0. The topological polar surface area (TPSA) is 51.8 Å². The van der Waals surface area contributed by atoms with Gasteiger partial charge < -0.3 is 5.73 Å². The minimum atomic E-state index is 0.448. The molecule has 2 N–H and O–H groups in total. The Kier molecular flexibility index (Phi) is 2.74. The summed E-state index contributed by atoms with van der Waals surface area (Å²) in [7, 11) is 0. The van der Waals surface area contributed by atoms with E-state index in [-0.39, 0.29) is 0 Å². The maximum atomic E-state index is 5.58. The number of hydrogen-bond acceptors (Lipinski definition) is 3. The average Bonchev–Trinajstić information content (AvgIpc) is 2.29. The van der Waals surface area contributed by atoms with Gasteiger partial charge in [0.15, 0.2) is 0 Å². The maximum absolute atomic E-state index is 5.58. The van der Waals surface area contributed by atoms with Gasteiger partial charge in [-0.25, -0.2) is 9.97 Å². The van der Waals surface area contributed by atoms with Crippen molar-refractivity contribution in [2.75, 3.05) is 0 Å². The van der Waals surface area contributed by atoms with Gasteiger partial charge in [0.05, 0.1) is 11.4 Å². The molecular formula is C12H13N3. The Bertz CT molecular complexity index is 452. The van der Waals surface area contributed by atoms with Crippen molar-refractivity contribution in [3.8, 4) is 11.3 Å². The van der Waals surface area contributed by atoms with Gasteiger partial charge >= 0.3 is 0 Å². The molecule has 0 bridgehead atoms. The first-order chi connectivity index (χ1) is 7.29. The lowest BCUT2D eigenvalue weighted by Crippen LogP contribution is -2.03. The number of hydrogen-bond donors (Lipinski definition) is 1. The summed E-state index contributed by atoms with van der Waals surface area (Å²) in [6.45, 7) is 2.33. The minimum Gasteiger partial charge on any atom is -0.325 e. The van der Waals surface area contributed by atoms with Crippen LogP contribution in [0.2, 0.25) is 0 Å². The van der Waals surface area contributed by atoms with Crippen molar-refractivity contribution >= 4 is 0 Å². The van der Waals surface area contributed by atoms with Gasteiger partial charge in [-0.15, -0.1) is 0 Å². The van der Waals surface area contributed by atoms with Crippen molar-refractivity contribution in [1.29, 1.82) is 0 Å². The Morgan fingerprint density at radius 1 is 1.13 bits per heavy atom. The molecule has 0 radical (unpaired) electrons. The van der Waals surface area contributed by atoms with E-state index in [4.69, 9.17) is 5.73 Å². The second-order valence-electron chi connectivity index (χ2n) is 3.36. The summed E-state index contributed by atoms with van der Waals surface area (Å²) in [4.78, 5) is 8.63. The van der Waals surface area contributed by atoms with Gasteiger partial charge in [0.25, 0.3) is 0 Å². The first-order valence-corrected chi connectivity index (χ1v) is 4.89. The van der Waals surface area contributed by atoms with E-state index in [1.54, 1.807) is 0 Å². The van der Waals surface area contributed by atoms with Crippen molar-refractivity contribution in [3.05, 3.63) is 47.9 Å². The highest BCUT2D eigenvalue weighted by Crippen LogP contribution is 2.16. The lowest BCUT2D eigenvalue weighted by atomic mass is 10.1. The summed E-state index contributed by atoms with van der Waals surface area (Å²) in [5.41, 5.74) is 8.48. The lowest BCUT2D eigenvalue weighted by Gasteiger charge is -2.04. The van der Waals surface area contributed by atoms with Gasteiger partial charge in [0.2, 0.25) is 0 Å². The summed E-state index contributed by atoms with van der Waals surface area (Å²) in [6, 6.07) is 12.0. The van der Waals surface area contributed by atoms with Gasteiger partial charge in [-0.2, -0.15) is 0 Å². The second-order valence-corrected chi connectivity index (χ2v) is 3.36. The Hall–Kier alpha value is -1.74. The Balaban J connectivity index is 2.49. The van der Waals surface area contributed by atoms with E-state index in [2.05, 4.69) is 9.97 Å². The highest BCUT2D eigenvalue weighted by molar-refractivity contribution is 5.58. The first kappa shape index (κ1) is 9.80. The molecule has 1 aromatic carbocycles. The number of nitrogens with zero attached hydrogens (tertiary/aromatic N) is 2. The van der Waals surface area contributed by atoms with Crippen molar-refractivity contribution in [2.45, 2.75) is 13.5 Å². The average molecular weight is 199 g/mol. The normalized spacial score (nSPS) is 10.3. The van der Waals surface area contributed by atoms with Crippen molar-refractivity contribution in [2.24, 2.45) is 5.73 Å². The molecular weight excluding hydrogens is 186 g/mol. The SMILES string of the molecule is Cc1nc(CN)cc(-c2ccccc2)n1. The first-order valence-electron chi connectivity index (χ1n) is 4.89. The maximum Gasteiger partial charge on any atom is 0.126 e. The van der Waals surface area contributed by atoms with Crippen molar-refractivity contribution < 1.29 is 0 Å². The second kappa shape index (κ2) is 4.19. The van der Waals surface area contributed by atoms with Crippen molar-refractivity contribution in [1.82, 2.24) is 9.97 Å². The van der Waals surface area contributed by atoms with Crippen LogP contribution in [0.1, 0.15) is 11.5 Å². The van der Waals surface area contributed by atoms with Crippen LogP contribution >= 0.6 is 0 Å². The molecule has 15 heavy (non-hydrogen) atoms. The van der Waals surface area contributed by atoms with Crippen LogP contribution < -0.4 is 5.73 Å². The van der Waals surface area contributed by atoms with E-state index < -0.39 is 0 Å². The van der Waals surface area contributed by atoms with E-state index in [1.165, 1.54) is 0 Å². The number of rotatable bonds is 2. The number of nitrogens with two attached hydrogens (primary N) is 1. The molecule has 0 saturated heterocycles. The minimum absolute atomic E-state index is 0.448. The molecule has 0 unspecified atom stereocenters. The molecule has 0 atom stereocenters.